The Hall–Kier alpha value is -0.240. The highest BCUT2D eigenvalue weighted by Crippen LogP contribution is 2.27. The summed E-state index contributed by atoms with van der Waals surface area (Å²) in [6, 6.07) is 5.12. The average molecular weight is 219 g/mol. The number of halogens is 2. The standard InChI is InChI=1S/C10H12Cl2O/c1-6(2)10(13)7-3-8(11)5-9(12)4-7/h3-6,10,13H,1-2H3/t10-/m0/s1. The van der Waals surface area contributed by atoms with Gasteiger partial charge in [0.1, 0.15) is 0 Å². The van der Waals surface area contributed by atoms with Gasteiger partial charge in [0.05, 0.1) is 6.10 Å². The SMILES string of the molecule is CC(C)[C@H](O)c1cc(Cl)cc(Cl)c1. The van der Waals surface area contributed by atoms with Crippen LogP contribution in [0.15, 0.2) is 18.2 Å². The predicted molar refractivity (Wildman–Crippen MR) is 56.3 cm³/mol. The monoisotopic (exact) mass is 218 g/mol. The summed E-state index contributed by atoms with van der Waals surface area (Å²) in [6.07, 6.45) is -0.504. The summed E-state index contributed by atoms with van der Waals surface area (Å²) < 4.78 is 0. The van der Waals surface area contributed by atoms with Gasteiger partial charge in [-0.2, -0.15) is 0 Å². The molecule has 3 heteroatoms. The lowest BCUT2D eigenvalue weighted by Gasteiger charge is -2.15. The molecule has 0 aliphatic rings. The summed E-state index contributed by atoms with van der Waals surface area (Å²) in [7, 11) is 0. The van der Waals surface area contributed by atoms with E-state index >= 15 is 0 Å². The predicted octanol–water partition coefficient (Wildman–Crippen LogP) is 3.68. The van der Waals surface area contributed by atoms with Crippen LogP contribution in [-0.4, -0.2) is 5.11 Å². The van der Waals surface area contributed by atoms with Crippen LogP contribution in [0, 0.1) is 5.92 Å². The second kappa shape index (κ2) is 4.32. The summed E-state index contributed by atoms with van der Waals surface area (Å²) in [5, 5.41) is 10.8. The maximum atomic E-state index is 9.73. The Bertz CT molecular complexity index is 277. The summed E-state index contributed by atoms with van der Waals surface area (Å²) in [4.78, 5) is 0. The van der Waals surface area contributed by atoms with E-state index in [-0.39, 0.29) is 5.92 Å². The van der Waals surface area contributed by atoms with Gasteiger partial charge in [-0.3, -0.25) is 0 Å². The third-order valence-corrected chi connectivity index (χ3v) is 2.29. The van der Waals surface area contributed by atoms with Gasteiger partial charge in [-0.05, 0) is 29.7 Å². The Kier molecular flexibility index (Phi) is 3.60. The third kappa shape index (κ3) is 2.87. The van der Waals surface area contributed by atoms with Crippen LogP contribution in [0.1, 0.15) is 25.5 Å². The zero-order valence-corrected chi connectivity index (χ0v) is 9.10. The Balaban J connectivity index is 3.01. The van der Waals surface area contributed by atoms with Crippen molar-refractivity contribution in [1.29, 1.82) is 0 Å². The molecule has 0 bridgehead atoms. The van der Waals surface area contributed by atoms with E-state index in [4.69, 9.17) is 23.2 Å². The highest BCUT2D eigenvalue weighted by atomic mass is 35.5. The van der Waals surface area contributed by atoms with E-state index in [1.807, 2.05) is 13.8 Å². The fraction of sp³-hybridized carbons (Fsp3) is 0.400. The van der Waals surface area contributed by atoms with Gasteiger partial charge in [0.2, 0.25) is 0 Å². The molecule has 0 aliphatic heterocycles. The van der Waals surface area contributed by atoms with Crippen molar-refractivity contribution < 1.29 is 5.11 Å². The average Bonchev–Trinajstić information content (AvgIpc) is 2.01. The number of rotatable bonds is 2. The molecule has 0 heterocycles. The first-order chi connectivity index (χ1) is 6.00. The Morgan fingerprint density at radius 2 is 1.54 bits per heavy atom. The van der Waals surface area contributed by atoms with E-state index in [1.54, 1.807) is 18.2 Å². The molecule has 13 heavy (non-hydrogen) atoms. The van der Waals surface area contributed by atoms with Gasteiger partial charge >= 0.3 is 0 Å². The molecule has 0 fully saturated rings. The van der Waals surface area contributed by atoms with Gasteiger partial charge in [-0.1, -0.05) is 37.0 Å². The summed E-state index contributed by atoms with van der Waals surface area (Å²) in [5.74, 6) is 0.162. The molecule has 0 saturated carbocycles. The van der Waals surface area contributed by atoms with E-state index in [0.717, 1.165) is 5.56 Å². The van der Waals surface area contributed by atoms with Gasteiger partial charge in [-0.25, -0.2) is 0 Å². The second-order valence-corrected chi connectivity index (χ2v) is 4.26. The summed E-state index contributed by atoms with van der Waals surface area (Å²) in [6.45, 7) is 3.89. The zero-order valence-electron chi connectivity index (χ0n) is 7.59. The van der Waals surface area contributed by atoms with Crippen molar-refractivity contribution in [3.05, 3.63) is 33.8 Å². The number of hydrogen-bond acceptors (Lipinski definition) is 1. The van der Waals surface area contributed by atoms with E-state index in [2.05, 4.69) is 0 Å². The molecule has 0 aliphatic carbocycles. The number of benzene rings is 1. The number of hydrogen-bond donors (Lipinski definition) is 1. The molecular formula is C10H12Cl2O. The van der Waals surface area contributed by atoms with Gasteiger partial charge in [0, 0.05) is 10.0 Å². The Morgan fingerprint density at radius 1 is 1.08 bits per heavy atom. The minimum absolute atomic E-state index is 0.162. The Morgan fingerprint density at radius 3 is 1.92 bits per heavy atom. The molecule has 72 valence electrons. The first-order valence-electron chi connectivity index (χ1n) is 4.14. The lowest BCUT2D eigenvalue weighted by atomic mass is 9.99. The highest BCUT2D eigenvalue weighted by Gasteiger charge is 2.12. The van der Waals surface area contributed by atoms with Crippen LogP contribution in [-0.2, 0) is 0 Å². The van der Waals surface area contributed by atoms with Gasteiger partial charge in [0.25, 0.3) is 0 Å². The molecule has 1 nitrogen and oxygen atoms in total. The molecule has 0 unspecified atom stereocenters. The minimum Gasteiger partial charge on any atom is -0.388 e. The van der Waals surface area contributed by atoms with Crippen molar-refractivity contribution in [2.75, 3.05) is 0 Å². The molecule has 1 aromatic carbocycles. The molecule has 1 N–H and O–H groups in total. The van der Waals surface area contributed by atoms with Crippen molar-refractivity contribution in [1.82, 2.24) is 0 Å². The fourth-order valence-electron chi connectivity index (χ4n) is 1.13. The van der Waals surface area contributed by atoms with Crippen LogP contribution in [0.2, 0.25) is 10.0 Å². The molecule has 0 saturated heterocycles. The van der Waals surface area contributed by atoms with Crippen molar-refractivity contribution in [3.8, 4) is 0 Å². The molecular weight excluding hydrogens is 207 g/mol. The molecule has 0 aromatic heterocycles. The van der Waals surface area contributed by atoms with Crippen LogP contribution in [0.3, 0.4) is 0 Å². The van der Waals surface area contributed by atoms with Crippen LogP contribution < -0.4 is 0 Å². The van der Waals surface area contributed by atoms with Gasteiger partial charge < -0.3 is 5.11 Å². The van der Waals surface area contributed by atoms with Crippen LogP contribution in [0.5, 0.6) is 0 Å². The highest BCUT2D eigenvalue weighted by molar-refractivity contribution is 6.34. The quantitative estimate of drug-likeness (QED) is 0.804. The normalized spacial score (nSPS) is 13.4. The molecule has 1 aromatic rings. The van der Waals surface area contributed by atoms with Crippen LogP contribution in [0.4, 0.5) is 0 Å². The topological polar surface area (TPSA) is 20.2 Å². The van der Waals surface area contributed by atoms with Crippen molar-refractivity contribution >= 4 is 23.2 Å². The maximum absolute atomic E-state index is 9.73. The van der Waals surface area contributed by atoms with Crippen molar-refractivity contribution in [3.63, 3.8) is 0 Å². The molecule has 0 radical (unpaired) electrons. The summed E-state index contributed by atoms with van der Waals surface area (Å²) >= 11 is 11.6. The van der Waals surface area contributed by atoms with E-state index in [1.165, 1.54) is 0 Å². The van der Waals surface area contributed by atoms with Crippen LogP contribution >= 0.6 is 23.2 Å². The number of aliphatic hydroxyl groups excluding tert-OH is 1. The van der Waals surface area contributed by atoms with Gasteiger partial charge in [-0.15, -0.1) is 0 Å². The lowest BCUT2D eigenvalue weighted by Crippen LogP contribution is -2.05. The van der Waals surface area contributed by atoms with E-state index in [0.29, 0.717) is 10.0 Å². The van der Waals surface area contributed by atoms with Crippen molar-refractivity contribution in [2.24, 2.45) is 5.92 Å². The summed E-state index contributed by atoms with van der Waals surface area (Å²) in [5.41, 5.74) is 0.771. The minimum atomic E-state index is -0.504. The van der Waals surface area contributed by atoms with Crippen molar-refractivity contribution in [2.45, 2.75) is 20.0 Å². The van der Waals surface area contributed by atoms with E-state index < -0.39 is 6.10 Å². The van der Waals surface area contributed by atoms with Gasteiger partial charge in [0.15, 0.2) is 0 Å². The molecule has 0 spiro atoms. The Labute approximate surface area is 88.3 Å². The largest absolute Gasteiger partial charge is 0.388 e. The van der Waals surface area contributed by atoms with Crippen LogP contribution in [0.25, 0.3) is 0 Å². The molecule has 0 amide bonds. The first-order valence-corrected chi connectivity index (χ1v) is 4.90. The fourth-order valence-corrected chi connectivity index (χ4v) is 1.67. The lowest BCUT2D eigenvalue weighted by molar-refractivity contribution is 0.127. The zero-order chi connectivity index (χ0) is 10.0. The molecule has 1 rings (SSSR count). The number of aliphatic hydroxyl groups is 1. The smallest absolute Gasteiger partial charge is 0.0813 e. The second-order valence-electron chi connectivity index (χ2n) is 3.39. The molecule has 1 atom stereocenters. The van der Waals surface area contributed by atoms with E-state index in [9.17, 15) is 5.11 Å². The maximum Gasteiger partial charge on any atom is 0.0813 e. The first kappa shape index (κ1) is 10.8. The third-order valence-electron chi connectivity index (χ3n) is 1.86.